The third-order valence-corrected chi connectivity index (χ3v) is 4.69. The SMILES string of the molecule is Fc1cccc(C2N=C(Cc3ccc(F)c(F)c3)NC2c2cccc(F)c2)c1. The molecule has 0 saturated heterocycles. The molecule has 0 saturated carbocycles. The van der Waals surface area contributed by atoms with Gasteiger partial charge in [0.05, 0.1) is 6.04 Å². The van der Waals surface area contributed by atoms with Gasteiger partial charge in [0.2, 0.25) is 0 Å². The molecule has 0 radical (unpaired) electrons. The Labute approximate surface area is 159 Å². The summed E-state index contributed by atoms with van der Waals surface area (Å²) in [4.78, 5) is 4.63. The Bertz CT molecular complexity index is 1050. The molecular formula is C22H16F4N2. The van der Waals surface area contributed by atoms with Gasteiger partial charge in [-0.05, 0) is 53.1 Å². The number of nitrogens with one attached hydrogen (secondary N) is 1. The fourth-order valence-corrected chi connectivity index (χ4v) is 3.40. The zero-order chi connectivity index (χ0) is 19.7. The Morgan fingerprint density at radius 1 is 0.750 bits per heavy atom. The number of benzene rings is 3. The summed E-state index contributed by atoms with van der Waals surface area (Å²) in [6.07, 6.45) is 0.245. The van der Waals surface area contributed by atoms with Crippen LogP contribution in [0, 0.1) is 23.3 Å². The Hall–Kier alpha value is -3.15. The van der Waals surface area contributed by atoms with E-state index < -0.39 is 23.7 Å². The van der Waals surface area contributed by atoms with Gasteiger partial charge in [-0.1, -0.05) is 30.3 Å². The van der Waals surface area contributed by atoms with Crippen LogP contribution in [0.2, 0.25) is 0 Å². The van der Waals surface area contributed by atoms with Crippen LogP contribution in [0.4, 0.5) is 17.6 Å². The molecular weight excluding hydrogens is 368 g/mol. The van der Waals surface area contributed by atoms with Crippen LogP contribution in [0.25, 0.3) is 0 Å². The topological polar surface area (TPSA) is 24.4 Å². The lowest BCUT2D eigenvalue weighted by atomic mass is 9.95. The molecule has 1 aliphatic heterocycles. The molecule has 0 spiro atoms. The molecule has 0 aliphatic carbocycles. The average molecular weight is 384 g/mol. The molecule has 2 unspecified atom stereocenters. The molecule has 0 amide bonds. The molecule has 0 fully saturated rings. The van der Waals surface area contributed by atoms with Gasteiger partial charge in [-0.2, -0.15) is 0 Å². The van der Waals surface area contributed by atoms with Crippen molar-refractivity contribution in [3.05, 3.63) is 107 Å². The Morgan fingerprint density at radius 3 is 2.11 bits per heavy atom. The summed E-state index contributed by atoms with van der Waals surface area (Å²) < 4.78 is 54.1. The third-order valence-electron chi connectivity index (χ3n) is 4.69. The van der Waals surface area contributed by atoms with Gasteiger partial charge in [-0.3, -0.25) is 4.99 Å². The van der Waals surface area contributed by atoms with Crippen molar-refractivity contribution in [1.29, 1.82) is 0 Å². The van der Waals surface area contributed by atoms with Gasteiger partial charge < -0.3 is 5.32 Å². The van der Waals surface area contributed by atoms with Crippen molar-refractivity contribution >= 4 is 5.84 Å². The summed E-state index contributed by atoms with van der Waals surface area (Å²) in [5.74, 6) is -2.08. The zero-order valence-corrected chi connectivity index (χ0v) is 14.7. The molecule has 0 bridgehead atoms. The first-order valence-corrected chi connectivity index (χ1v) is 8.77. The van der Waals surface area contributed by atoms with Crippen LogP contribution >= 0.6 is 0 Å². The van der Waals surface area contributed by atoms with Gasteiger partial charge in [0.15, 0.2) is 11.6 Å². The Balaban J connectivity index is 1.68. The van der Waals surface area contributed by atoms with Gasteiger partial charge in [0.25, 0.3) is 0 Å². The predicted molar refractivity (Wildman–Crippen MR) is 98.9 cm³/mol. The lowest BCUT2D eigenvalue weighted by Crippen LogP contribution is -2.26. The van der Waals surface area contributed by atoms with E-state index in [0.717, 1.165) is 12.1 Å². The van der Waals surface area contributed by atoms with E-state index in [2.05, 4.69) is 10.3 Å². The minimum atomic E-state index is -0.931. The number of nitrogens with zero attached hydrogens (tertiary/aromatic N) is 1. The maximum atomic E-state index is 13.7. The molecule has 0 aromatic heterocycles. The summed E-state index contributed by atoms with van der Waals surface area (Å²) >= 11 is 0. The predicted octanol–water partition coefficient (Wildman–Crippen LogP) is 5.27. The standard InChI is InChI=1S/C22H16F4N2/c23-16-5-1-3-14(11-16)21-22(15-4-2-6-17(24)12-15)28-20(27-21)10-13-7-8-18(25)19(26)9-13/h1-9,11-12,21-22H,10H2,(H,27,28). The first-order valence-electron chi connectivity index (χ1n) is 8.77. The maximum Gasteiger partial charge on any atom is 0.159 e. The van der Waals surface area contributed by atoms with E-state index in [9.17, 15) is 17.6 Å². The van der Waals surface area contributed by atoms with Crippen LogP contribution in [0.15, 0.2) is 71.7 Å². The largest absolute Gasteiger partial charge is 0.364 e. The van der Waals surface area contributed by atoms with E-state index in [1.165, 1.54) is 30.3 Å². The fraction of sp³-hybridized carbons (Fsp3) is 0.136. The number of hydrogen-bond acceptors (Lipinski definition) is 2. The van der Waals surface area contributed by atoms with Gasteiger partial charge in [-0.15, -0.1) is 0 Å². The highest BCUT2D eigenvalue weighted by atomic mass is 19.2. The Kier molecular flexibility index (Phi) is 4.86. The number of halogens is 4. The van der Waals surface area contributed by atoms with E-state index in [-0.39, 0.29) is 18.1 Å². The average Bonchev–Trinajstić information content (AvgIpc) is 3.09. The highest BCUT2D eigenvalue weighted by molar-refractivity contribution is 5.87. The monoisotopic (exact) mass is 384 g/mol. The van der Waals surface area contributed by atoms with Crippen LogP contribution in [-0.4, -0.2) is 5.84 Å². The minimum Gasteiger partial charge on any atom is -0.364 e. The summed E-state index contributed by atoms with van der Waals surface area (Å²) in [7, 11) is 0. The molecule has 2 atom stereocenters. The summed E-state index contributed by atoms with van der Waals surface area (Å²) in [5.41, 5.74) is 1.85. The number of amidine groups is 1. The van der Waals surface area contributed by atoms with Crippen molar-refractivity contribution in [3.63, 3.8) is 0 Å². The zero-order valence-electron chi connectivity index (χ0n) is 14.7. The second-order valence-electron chi connectivity index (χ2n) is 6.68. The highest BCUT2D eigenvalue weighted by Crippen LogP contribution is 2.37. The van der Waals surface area contributed by atoms with Crippen LogP contribution in [0.3, 0.4) is 0 Å². The van der Waals surface area contributed by atoms with E-state index in [1.807, 2.05) is 0 Å². The van der Waals surface area contributed by atoms with Gasteiger partial charge in [0, 0.05) is 6.42 Å². The van der Waals surface area contributed by atoms with E-state index in [4.69, 9.17) is 0 Å². The lowest BCUT2D eigenvalue weighted by Gasteiger charge is -2.20. The molecule has 2 nitrogen and oxygen atoms in total. The molecule has 1 N–H and O–H groups in total. The second-order valence-corrected chi connectivity index (χ2v) is 6.68. The van der Waals surface area contributed by atoms with Crippen LogP contribution in [-0.2, 0) is 6.42 Å². The normalized spacial score (nSPS) is 18.6. The first-order chi connectivity index (χ1) is 13.5. The van der Waals surface area contributed by atoms with Crippen molar-refractivity contribution in [2.24, 2.45) is 4.99 Å². The molecule has 28 heavy (non-hydrogen) atoms. The number of aliphatic imine (C=N–C) groups is 1. The van der Waals surface area contributed by atoms with Crippen LogP contribution in [0.1, 0.15) is 28.8 Å². The van der Waals surface area contributed by atoms with E-state index in [0.29, 0.717) is 22.5 Å². The fourth-order valence-electron chi connectivity index (χ4n) is 3.40. The lowest BCUT2D eigenvalue weighted by molar-refractivity contribution is 0.507. The van der Waals surface area contributed by atoms with Crippen molar-refractivity contribution in [1.82, 2.24) is 5.32 Å². The van der Waals surface area contributed by atoms with Gasteiger partial charge in [-0.25, -0.2) is 17.6 Å². The molecule has 6 heteroatoms. The van der Waals surface area contributed by atoms with Crippen LogP contribution in [0.5, 0.6) is 0 Å². The van der Waals surface area contributed by atoms with Crippen molar-refractivity contribution < 1.29 is 17.6 Å². The molecule has 3 aromatic carbocycles. The quantitative estimate of drug-likeness (QED) is 0.609. The number of rotatable bonds is 4. The Morgan fingerprint density at radius 2 is 1.43 bits per heavy atom. The minimum absolute atomic E-state index is 0.245. The van der Waals surface area contributed by atoms with Gasteiger partial charge >= 0.3 is 0 Å². The summed E-state index contributed by atoms with van der Waals surface area (Å²) in [6.45, 7) is 0. The van der Waals surface area contributed by atoms with E-state index >= 15 is 0 Å². The first kappa shape index (κ1) is 18.2. The molecule has 142 valence electrons. The van der Waals surface area contributed by atoms with Gasteiger partial charge in [0.1, 0.15) is 23.5 Å². The molecule has 1 aliphatic rings. The number of hydrogen-bond donors (Lipinski definition) is 1. The highest BCUT2D eigenvalue weighted by Gasteiger charge is 2.31. The maximum absolute atomic E-state index is 13.7. The third kappa shape index (κ3) is 3.76. The molecule has 3 aromatic rings. The van der Waals surface area contributed by atoms with Crippen molar-refractivity contribution in [3.8, 4) is 0 Å². The van der Waals surface area contributed by atoms with Crippen LogP contribution < -0.4 is 5.32 Å². The molecule has 1 heterocycles. The summed E-state index contributed by atoms with van der Waals surface area (Å²) in [6, 6.07) is 15.0. The van der Waals surface area contributed by atoms with E-state index in [1.54, 1.807) is 24.3 Å². The van der Waals surface area contributed by atoms with Crippen molar-refractivity contribution in [2.45, 2.75) is 18.5 Å². The second kappa shape index (κ2) is 7.46. The molecule has 4 rings (SSSR count). The smallest absolute Gasteiger partial charge is 0.159 e. The van der Waals surface area contributed by atoms with Crippen molar-refractivity contribution in [2.75, 3.05) is 0 Å². The summed E-state index contributed by atoms with van der Waals surface area (Å²) in [5, 5.41) is 3.23.